The van der Waals surface area contributed by atoms with Gasteiger partial charge in [-0.3, -0.25) is 4.79 Å². The molecule has 0 saturated heterocycles. The molecule has 1 aliphatic heterocycles. The fraction of sp³-hybridized carbons (Fsp3) is 0.222. The number of halogens is 1. The molecule has 0 radical (unpaired) electrons. The molecule has 68 valence electrons. The molecule has 4 heteroatoms. The van der Waals surface area contributed by atoms with Gasteiger partial charge in [-0.2, -0.15) is 0 Å². The largest absolute Gasteiger partial charge is 0.479 e. The van der Waals surface area contributed by atoms with Crippen LogP contribution in [0.3, 0.4) is 0 Å². The maximum Gasteiger partial charge on any atom is 0.265 e. The number of carbonyl (C=O) groups excluding carboxylic acids is 1. The molecule has 13 heavy (non-hydrogen) atoms. The van der Waals surface area contributed by atoms with E-state index in [1.807, 2.05) is 0 Å². The molecule has 3 nitrogen and oxygen atoms in total. The zero-order chi connectivity index (χ0) is 9.42. The van der Waals surface area contributed by atoms with Crippen molar-refractivity contribution < 1.29 is 13.9 Å². The highest BCUT2D eigenvalue weighted by atomic mass is 19.1. The van der Waals surface area contributed by atoms with Crippen molar-refractivity contribution >= 4 is 11.6 Å². The Hall–Kier alpha value is -1.58. The van der Waals surface area contributed by atoms with Gasteiger partial charge in [-0.05, 0) is 19.1 Å². The van der Waals surface area contributed by atoms with E-state index >= 15 is 0 Å². The van der Waals surface area contributed by atoms with Crippen LogP contribution in [0.4, 0.5) is 10.1 Å². The zero-order valence-corrected chi connectivity index (χ0v) is 7.00. The van der Waals surface area contributed by atoms with Crippen LogP contribution >= 0.6 is 0 Å². The summed E-state index contributed by atoms with van der Waals surface area (Å²) in [5.41, 5.74) is 0.130. The molecule has 1 N–H and O–H groups in total. The van der Waals surface area contributed by atoms with Gasteiger partial charge in [-0.1, -0.05) is 6.07 Å². The minimum atomic E-state index is -0.561. The van der Waals surface area contributed by atoms with Gasteiger partial charge in [0.05, 0.1) is 0 Å². The molecule has 0 saturated carbocycles. The van der Waals surface area contributed by atoms with Crippen molar-refractivity contribution in [2.24, 2.45) is 0 Å². The molecule has 1 heterocycles. The van der Waals surface area contributed by atoms with Crippen molar-refractivity contribution in [3.8, 4) is 5.75 Å². The van der Waals surface area contributed by atoms with E-state index in [-0.39, 0.29) is 11.6 Å². The number of carbonyl (C=O) groups is 1. The fourth-order valence-corrected chi connectivity index (χ4v) is 1.19. The smallest absolute Gasteiger partial charge is 0.265 e. The summed E-state index contributed by atoms with van der Waals surface area (Å²) in [4.78, 5) is 11.1. The molecule has 0 spiro atoms. The summed E-state index contributed by atoms with van der Waals surface area (Å²) in [5, 5.41) is 2.44. The Balaban J connectivity index is 2.48. The number of anilines is 1. The summed E-state index contributed by atoms with van der Waals surface area (Å²) >= 11 is 0. The second-order valence-electron chi connectivity index (χ2n) is 2.86. The summed E-state index contributed by atoms with van der Waals surface area (Å²) in [6, 6.07) is 4.44. The predicted octanol–water partition coefficient (Wildman–Crippen LogP) is 1.55. The van der Waals surface area contributed by atoms with E-state index in [1.165, 1.54) is 6.07 Å². The third kappa shape index (κ3) is 1.24. The number of hydrogen-bond donors (Lipinski definition) is 1. The van der Waals surface area contributed by atoms with Gasteiger partial charge >= 0.3 is 0 Å². The van der Waals surface area contributed by atoms with Crippen LogP contribution in [0.1, 0.15) is 6.92 Å². The second-order valence-corrected chi connectivity index (χ2v) is 2.86. The SMILES string of the molecule is C[C@@H]1Oc2cccc(F)c2NC1=O. The number of benzene rings is 1. The van der Waals surface area contributed by atoms with Crippen LogP contribution in [0, 0.1) is 5.82 Å². The van der Waals surface area contributed by atoms with Gasteiger partial charge in [-0.25, -0.2) is 4.39 Å². The van der Waals surface area contributed by atoms with Gasteiger partial charge in [0, 0.05) is 0 Å². The topological polar surface area (TPSA) is 38.3 Å². The lowest BCUT2D eigenvalue weighted by Gasteiger charge is -2.23. The number of fused-ring (bicyclic) bond motifs is 1. The summed E-state index contributed by atoms with van der Waals surface area (Å²) < 4.78 is 18.2. The quantitative estimate of drug-likeness (QED) is 0.659. The van der Waals surface area contributed by atoms with E-state index in [0.29, 0.717) is 5.75 Å². The number of ether oxygens (including phenoxy) is 1. The minimum absolute atomic E-state index is 0.130. The van der Waals surface area contributed by atoms with Crippen LogP contribution in [0.2, 0.25) is 0 Å². The Morgan fingerprint density at radius 1 is 1.54 bits per heavy atom. The number of para-hydroxylation sites is 1. The number of amides is 1. The molecule has 0 aromatic heterocycles. The van der Waals surface area contributed by atoms with Crippen LogP contribution < -0.4 is 10.1 Å². The van der Waals surface area contributed by atoms with Crippen molar-refractivity contribution in [3.05, 3.63) is 24.0 Å². The van der Waals surface area contributed by atoms with E-state index < -0.39 is 11.9 Å². The zero-order valence-electron chi connectivity index (χ0n) is 7.00. The first-order valence-electron chi connectivity index (χ1n) is 3.94. The maximum atomic E-state index is 13.1. The molecular weight excluding hydrogens is 173 g/mol. The molecular formula is C9H8FNO2. The lowest BCUT2D eigenvalue weighted by molar-refractivity contribution is -0.122. The molecule has 0 unspecified atom stereocenters. The summed E-state index contributed by atoms with van der Waals surface area (Å²) in [5.74, 6) is -0.414. The van der Waals surface area contributed by atoms with E-state index in [2.05, 4.69) is 5.32 Å². The van der Waals surface area contributed by atoms with Crippen molar-refractivity contribution in [1.82, 2.24) is 0 Å². The summed E-state index contributed by atoms with van der Waals surface area (Å²) in [7, 11) is 0. The molecule has 1 aromatic rings. The van der Waals surface area contributed by atoms with Crippen molar-refractivity contribution in [3.63, 3.8) is 0 Å². The third-order valence-corrected chi connectivity index (χ3v) is 1.90. The molecule has 1 atom stereocenters. The van der Waals surface area contributed by atoms with Gasteiger partial charge in [-0.15, -0.1) is 0 Å². The lowest BCUT2D eigenvalue weighted by atomic mass is 10.2. The average Bonchev–Trinajstić information content (AvgIpc) is 2.09. The normalized spacial score (nSPS) is 20.2. The Morgan fingerprint density at radius 2 is 2.31 bits per heavy atom. The highest BCUT2D eigenvalue weighted by Gasteiger charge is 2.25. The van der Waals surface area contributed by atoms with Crippen molar-refractivity contribution in [2.45, 2.75) is 13.0 Å². The first-order valence-corrected chi connectivity index (χ1v) is 3.94. The van der Waals surface area contributed by atoms with Gasteiger partial charge in [0.15, 0.2) is 11.9 Å². The molecule has 0 bridgehead atoms. The van der Waals surface area contributed by atoms with E-state index in [4.69, 9.17) is 4.74 Å². The molecule has 1 amide bonds. The predicted molar refractivity (Wildman–Crippen MR) is 45.1 cm³/mol. The second kappa shape index (κ2) is 2.73. The number of nitrogens with one attached hydrogen (secondary N) is 1. The fourth-order valence-electron chi connectivity index (χ4n) is 1.19. The standard InChI is InChI=1S/C9H8FNO2/c1-5-9(12)11-8-6(10)3-2-4-7(8)13-5/h2-5H,1H3,(H,11,12)/t5-/m0/s1. The molecule has 0 aliphatic carbocycles. The van der Waals surface area contributed by atoms with Gasteiger partial charge in [0.2, 0.25) is 0 Å². The van der Waals surface area contributed by atoms with Gasteiger partial charge < -0.3 is 10.1 Å². The van der Waals surface area contributed by atoms with E-state index in [0.717, 1.165) is 0 Å². The maximum absolute atomic E-state index is 13.1. The minimum Gasteiger partial charge on any atom is -0.479 e. The van der Waals surface area contributed by atoms with Crippen LogP contribution in [0.15, 0.2) is 18.2 Å². The van der Waals surface area contributed by atoms with Crippen LogP contribution in [0.25, 0.3) is 0 Å². The molecule has 1 aliphatic rings. The summed E-state index contributed by atoms with van der Waals surface area (Å²) in [6.45, 7) is 1.61. The van der Waals surface area contributed by atoms with E-state index in [9.17, 15) is 9.18 Å². The van der Waals surface area contributed by atoms with Crippen molar-refractivity contribution in [1.29, 1.82) is 0 Å². The lowest BCUT2D eigenvalue weighted by Crippen LogP contribution is -2.34. The van der Waals surface area contributed by atoms with Crippen LogP contribution in [-0.4, -0.2) is 12.0 Å². The van der Waals surface area contributed by atoms with Crippen molar-refractivity contribution in [2.75, 3.05) is 5.32 Å². The van der Waals surface area contributed by atoms with Gasteiger partial charge in [0.25, 0.3) is 5.91 Å². The summed E-state index contributed by atoms with van der Waals surface area (Å²) in [6.07, 6.45) is -0.561. The first-order chi connectivity index (χ1) is 6.18. The molecule has 2 rings (SSSR count). The van der Waals surface area contributed by atoms with Crippen LogP contribution in [-0.2, 0) is 4.79 Å². The van der Waals surface area contributed by atoms with Crippen LogP contribution in [0.5, 0.6) is 5.75 Å². The monoisotopic (exact) mass is 181 g/mol. The molecule has 1 aromatic carbocycles. The Kier molecular flexibility index (Phi) is 1.69. The third-order valence-electron chi connectivity index (χ3n) is 1.90. The Morgan fingerprint density at radius 3 is 3.08 bits per heavy atom. The highest BCUT2D eigenvalue weighted by Crippen LogP contribution is 2.31. The average molecular weight is 181 g/mol. The number of rotatable bonds is 0. The number of hydrogen-bond acceptors (Lipinski definition) is 2. The first kappa shape index (κ1) is 8.04. The van der Waals surface area contributed by atoms with Gasteiger partial charge in [0.1, 0.15) is 11.4 Å². The molecule has 0 fully saturated rings. The highest BCUT2D eigenvalue weighted by molar-refractivity contribution is 5.97. The Labute approximate surface area is 74.5 Å². The van der Waals surface area contributed by atoms with E-state index in [1.54, 1.807) is 19.1 Å². The Bertz CT molecular complexity index is 365.